The topological polar surface area (TPSA) is 103 Å². The number of oxazole rings is 1. The molecule has 1 aliphatic heterocycles. The van der Waals surface area contributed by atoms with Crippen LogP contribution in [0.4, 0.5) is 0 Å². The van der Waals surface area contributed by atoms with Crippen LogP contribution >= 0.6 is 11.6 Å². The summed E-state index contributed by atoms with van der Waals surface area (Å²) in [5.74, 6) is -0.625. The lowest BCUT2D eigenvalue weighted by Crippen LogP contribution is -2.29. The molecule has 1 amide bonds. The Hall–Kier alpha value is -3.89. The molecule has 5 rings (SSSR count). The van der Waals surface area contributed by atoms with Crippen molar-refractivity contribution in [3.05, 3.63) is 98.2 Å². The van der Waals surface area contributed by atoms with E-state index in [1.54, 1.807) is 29.2 Å². The molecule has 0 spiro atoms. The Kier molecular flexibility index (Phi) is 4.57. The maximum atomic E-state index is 13.2. The average Bonchev–Trinajstić information content (AvgIpc) is 3.27. The van der Waals surface area contributed by atoms with Crippen LogP contribution in [0.3, 0.4) is 0 Å². The molecule has 0 bridgehead atoms. The Morgan fingerprint density at radius 3 is 2.87 bits per heavy atom. The molecule has 8 heteroatoms. The number of rotatable bonds is 4. The van der Waals surface area contributed by atoms with Gasteiger partial charge in [-0.1, -0.05) is 35.9 Å². The second kappa shape index (κ2) is 7.42. The lowest BCUT2D eigenvalue weighted by molar-refractivity contribution is 0.0709. The maximum absolute atomic E-state index is 13.2. The first-order valence-corrected chi connectivity index (χ1v) is 9.98. The summed E-state index contributed by atoms with van der Waals surface area (Å²) in [5, 5.41) is 9.92. The number of amides is 1. The number of hydrogen-bond acceptors (Lipinski definition) is 5. The summed E-state index contributed by atoms with van der Waals surface area (Å²) in [5.41, 5.74) is 4.22. The fourth-order valence-corrected chi connectivity index (χ4v) is 4.31. The molecule has 2 aromatic carbocycles. The predicted molar refractivity (Wildman–Crippen MR) is 114 cm³/mol. The second-order valence-corrected chi connectivity index (χ2v) is 7.72. The van der Waals surface area contributed by atoms with Gasteiger partial charge in [-0.25, -0.2) is 9.78 Å². The molecule has 152 valence electrons. The molecule has 0 aliphatic carbocycles. The van der Waals surface area contributed by atoms with E-state index < -0.39 is 5.76 Å². The average molecular weight is 431 g/mol. The van der Waals surface area contributed by atoms with Crippen molar-refractivity contribution in [2.75, 3.05) is 0 Å². The number of hydrogen-bond donors (Lipinski definition) is 1. The number of benzene rings is 2. The summed E-state index contributed by atoms with van der Waals surface area (Å²) in [7, 11) is 0. The highest BCUT2D eigenvalue weighted by Crippen LogP contribution is 2.38. The van der Waals surface area contributed by atoms with Gasteiger partial charge in [-0.3, -0.25) is 9.78 Å². The Morgan fingerprint density at radius 1 is 1.19 bits per heavy atom. The molecule has 3 heterocycles. The Balaban J connectivity index is 1.55. The lowest BCUT2D eigenvalue weighted by atomic mass is 9.97. The zero-order valence-electron chi connectivity index (χ0n) is 16.1. The third-order valence-corrected chi connectivity index (χ3v) is 5.88. The third kappa shape index (κ3) is 3.27. The van der Waals surface area contributed by atoms with Crippen LogP contribution in [0.25, 0.3) is 11.1 Å². The smallest absolute Gasteiger partial charge is 0.408 e. The Labute approximate surface area is 181 Å². The number of halogens is 1. The van der Waals surface area contributed by atoms with Gasteiger partial charge >= 0.3 is 5.76 Å². The van der Waals surface area contributed by atoms with Gasteiger partial charge in [0.05, 0.1) is 11.6 Å². The molecule has 0 saturated heterocycles. The van der Waals surface area contributed by atoms with Crippen LogP contribution < -0.4 is 5.76 Å². The molecular formula is C23H15ClN4O3. The number of nitrogens with one attached hydrogen (secondary N) is 1. The quantitative estimate of drug-likeness (QED) is 0.527. The number of carbonyl (C=O) groups is 1. The number of H-pyrrole nitrogens is 1. The minimum absolute atomic E-state index is 0.102. The predicted octanol–water partition coefficient (Wildman–Crippen LogP) is 3.98. The fraction of sp³-hybridized carbons (Fsp3) is 0.130. The van der Waals surface area contributed by atoms with Gasteiger partial charge in [0.15, 0.2) is 5.58 Å². The van der Waals surface area contributed by atoms with Gasteiger partial charge in [0.1, 0.15) is 11.8 Å². The Morgan fingerprint density at radius 2 is 2.03 bits per heavy atom. The maximum Gasteiger partial charge on any atom is 0.417 e. The first-order chi connectivity index (χ1) is 15.0. The summed E-state index contributed by atoms with van der Waals surface area (Å²) in [6.45, 7) is 0.308. The minimum atomic E-state index is -0.523. The highest BCUT2D eigenvalue weighted by molar-refractivity contribution is 6.31. The van der Waals surface area contributed by atoms with E-state index in [1.807, 2.05) is 24.3 Å². The molecule has 7 nitrogen and oxygen atoms in total. The number of aromatic amines is 1. The molecule has 4 aromatic rings. The van der Waals surface area contributed by atoms with E-state index in [1.165, 1.54) is 6.20 Å². The van der Waals surface area contributed by atoms with Gasteiger partial charge in [-0.05, 0) is 35.4 Å². The van der Waals surface area contributed by atoms with E-state index in [0.29, 0.717) is 40.2 Å². The SMILES string of the molecule is N#Cc1nccc(Cl)c1CC1c2ccccc2C(=O)N1Cc1ccc2[nH]c(=O)oc2c1. The van der Waals surface area contributed by atoms with E-state index in [9.17, 15) is 14.9 Å². The van der Waals surface area contributed by atoms with E-state index in [4.69, 9.17) is 16.0 Å². The van der Waals surface area contributed by atoms with Crippen LogP contribution in [0.15, 0.2) is 63.9 Å². The summed E-state index contributed by atoms with van der Waals surface area (Å²) >= 11 is 6.39. The standard InChI is InChI=1S/C23H15ClN4O3/c24-17-7-8-26-19(11-25)16(17)10-20-14-3-1-2-4-15(14)22(29)28(20)12-13-5-6-18-21(9-13)31-23(30)27-18/h1-9,20H,10,12H2,(H,27,30). The first kappa shape index (κ1) is 19.1. The number of nitrogens with zero attached hydrogens (tertiary/aromatic N) is 3. The summed E-state index contributed by atoms with van der Waals surface area (Å²) in [4.78, 5) is 33.2. The molecule has 31 heavy (non-hydrogen) atoms. The lowest BCUT2D eigenvalue weighted by Gasteiger charge is -2.26. The summed E-state index contributed by atoms with van der Waals surface area (Å²) in [6.07, 6.45) is 1.86. The van der Waals surface area contributed by atoms with E-state index >= 15 is 0 Å². The zero-order valence-corrected chi connectivity index (χ0v) is 16.9. The molecule has 2 aromatic heterocycles. The number of nitriles is 1. The highest BCUT2D eigenvalue weighted by Gasteiger charge is 2.37. The third-order valence-electron chi connectivity index (χ3n) is 5.53. The monoisotopic (exact) mass is 430 g/mol. The van der Waals surface area contributed by atoms with Gasteiger partial charge < -0.3 is 9.32 Å². The molecule has 1 aliphatic rings. The number of pyridine rings is 1. The van der Waals surface area contributed by atoms with Crippen LogP contribution in [-0.2, 0) is 13.0 Å². The summed E-state index contributed by atoms with van der Waals surface area (Å²) < 4.78 is 5.15. The highest BCUT2D eigenvalue weighted by atomic mass is 35.5. The van der Waals surface area contributed by atoms with Crippen LogP contribution in [0.2, 0.25) is 5.02 Å². The van der Waals surface area contributed by atoms with Gasteiger partial charge in [0.25, 0.3) is 5.91 Å². The summed E-state index contributed by atoms with van der Waals surface area (Å²) in [6, 6.07) is 16.2. The molecular weight excluding hydrogens is 416 g/mol. The molecule has 0 saturated carbocycles. The van der Waals surface area contributed by atoms with Crippen molar-refractivity contribution in [3.8, 4) is 6.07 Å². The van der Waals surface area contributed by atoms with Crippen molar-refractivity contribution < 1.29 is 9.21 Å². The van der Waals surface area contributed by atoms with Crippen molar-refractivity contribution in [3.63, 3.8) is 0 Å². The van der Waals surface area contributed by atoms with Gasteiger partial charge in [0, 0.05) is 35.3 Å². The van der Waals surface area contributed by atoms with Gasteiger partial charge in [-0.2, -0.15) is 5.26 Å². The molecule has 1 unspecified atom stereocenters. The van der Waals surface area contributed by atoms with Crippen molar-refractivity contribution in [2.45, 2.75) is 19.0 Å². The largest absolute Gasteiger partial charge is 0.417 e. The van der Waals surface area contributed by atoms with Crippen molar-refractivity contribution in [1.82, 2.24) is 14.9 Å². The molecule has 1 atom stereocenters. The fourth-order valence-electron chi connectivity index (χ4n) is 4.09. The number of fused-ring (bicyclic) bond motifs is 2. The zero-order chi connectivity index (χ0) is 21.5. The first-order valence-electron chi connectivity index (χ1n) is 9.60. The normalized spacial score (nSPS) is 15.3. The van der Waals surface area contributed by atoms with Crippen molar-refractivity contribution >= 4 is 28.6 Å². The molecule has 0 radical (unpaired) electrons. The molecule has 0 fully saturated rings. The van der Waals surface area contributed by atoms with E-state index in [2.05, 4.69) is 16.0 Å². The van der Waals surface area contributed by atoms with Crippen LogP contribution in [0.5, 0.6) is 0 Å². The van der Waals surface area contributed by atoms with E-state index in [0.717, 1.165) is 11.1 Å². The van der Waals surface area contributed by atoms with Crippen LogP contribution in [0, 0.1) is 11.3 Å². The number of carbonyl (C=O) groups excluding carboxylic acids is 1. The minimum Gasteiger partial charge on any atom is -0.408 e. The number of aromatic nitrogens is 2. The van der Waals surface area contributed by atoms with Crippen LogP contribution in [-0.4, -0.2) is 20.8 Å². The van der Waals surface area contributed by atoms with Crippen LogP contribution in [0.1, 0.15) is 38.8 Å². The van der Waals surface area contributed by atoms with E-state index in [-0.39, 0.29) is 17.6 Å². The Bertz CT molecular complexity index is 1430. The van der Waals surface area contributed by atoms with Crippen molar-refractivity contribution in [1.29, 1.82) is 5.26 Å². The molecule has 1 N–H and O–H groups in total. The van der Waals surface area contributed by atoms with Gasteiger partial charge in [0.2, 0.25) is 0 Å². The second-order valence-electron chi connectivity index (χ2n) is 7.32. The van der Waals surface area contributed by atoms with Gasteiger partial charge in [-0.15, -0.1) is 0 Å². The van der Waals surface area contributed by atoms with Crippen molar-refractivity contribution in [2.24, 2.45) is 0 Å².